The number of rotatable bonds is 10. The van der Waals surface area contributed by atoms with E-state index >= 15 is 0 Å². The Labute approximate surface area is 251 Å². The molecule has 0 aliphatic heterocycles. The zero-order valence-electron chi connectivity index (χ0n) is 25.9. The van der Waals surface area contributed by atoms with Gasteiger partial charge in [0, 0.05) is 63.5 Å². The minimum absolute atomic E-state index is 0.106. The molecule has 0 bridgehead atoms. The van der Waals surface area contributed by atoms with E-state index in [2.05, 4.69) is 48.3 Å². The van der Waals surface area contributed by atoms with Gasteiger partial charge in [0.05, 0.1) is 12.0 Å². The number of nitrogens with one attached hydrogen (secondary N) is 2. The summed E-state index contributed by atoms with van der Waals surface area (Å²) in [4.78, 5) is 36.4. The Morgan fingerprint density at radius 1 is 0.837 bits per heavy atom. The van der Waals surface area contributed by atoms with E-state index < -0.39 is 23.6 Å². The summed E-state index contributed by atoms with van der Waals surface area (Å²) in [5.74, 6) is 0.0303. The van der Waals surface area contributed by atoms with Crippen molar-refractivity contribution >= 4 is 29.2 Å². The lowest BCUT2D eigenvalue weighted by Gasteiger charge is -2.22. The van der Waals surface area contributed by atoms with E-state index in [0.717, 1.165) is 29.8 Å². The van der Waals surface area contributed by atoms with Crippen molar-refractivity contribution in [3.8, 4) is 0 Å². The third-order valence-electron chi connectivity index (χ3n) is 5.90. The van der Waals surface area contributed by atoms with Crippen molar-refractivity contribution in [2.24, 2.45) is 0 Å². The molecular weight excluding hydrogens is 561 g/mol. The molecule has 0 saturated heterocycles. The third-order valence-corrected chi connectivity index (χ3v) is 5.90. The third kappa shape index (κ3) is 11.2. The lowest BCUT2D eigenvalue weighted by Crippen LogP contribution is -2.29. The highest BCUT2D eigenvalue weighted by Crippen LogP contribution is 2.29. The molecule has 43 heavy (non-hydrogen) atoms. The maximum atomic E-state index is 12.7. The van der Waals surface area contributed by atoms with Gasteiger partial charge in [-0.1, -0.05) is 39.8 Å². The number of amides is 1. The van der Waals surface area contributed by atoms with Gasteiger partial charge in [-0.05, 0) is 42.0 Å². The molecule has 0 saturated carbocycles. The molecule has 2 aromatic carbocycles. The molecule has 9 nitrogen and oxygen atoms in total. The smallest absolute Gasteiger partial charge is 0.416 e. The summed E-state index contributed by atoms with van der Waals surface area (Å²) in [6.07, 6.45) is -4.32. The van der Waals surface area contributed by atoms with Crippen molar-refractivity contribution in [1.29, 1.82) is 0 Å². The molecule has 3 aromatic rings. The molecule has 0 spiro atoms. The quantitative estimate of drug-likeness (QED) is 0.280. The Kier molecular flexibility index (Phi) is 12.5. The van der Waals surface area contributed by atoms with Gasteiger partial charge in [0.2, 0.25) is 0 Å². The fraction of sp³-hybridized carbons (Fsp3) is 0.419. The second-order valence-corrected chi connectivity index (χ2v) is 11.0. The second kappa shape index (κ2) is 15.3. The second-order valence-electron chi connectivity index (χ2n) is 11.0. The van der Waals surface area contributed by atoms with Gasteiger partial charge in [0.1, 0.15) is 17.5 Å². The van der Waals surface area contributed by atoms with Gasteiger partial charge in [-0.3, -0.25) is 9.59 Å². The van der Waals surface area contributed by atoms with Gasteiger partial charge in [-0.25, -0.2) is 9.97 Å². The van der Waals surface area contributed by atoms with Crippen LogP contribution in [0.5, 0.6) is 0 Å². The first-order chi connectivity index (χ1) is 20.0. The molecule has 3 rings (SSSR count). The maximum Gasteiger partial charge on any atom is 0.416 e. The van der Waals surface area contributed by atoms with Crippen LogP contribution >= 0.6 is 0 Å². The molecule has 0 radical (unpaired) electrons. The van der Waals surface area contributed by atoms with Gasteiger partial charge < -0.3 is 25.5 Å². The number of nitrogens with zero attached hydrogens (tertiary/aromatic N) is 4. The Morgan fingerprint density at radius 2 is 1.33 bits per heavy atom. The predicted octanol–water partition coefficient (Wildman–Crippen LogP) is 5.49. The van der Waals surface area contributed by atoms with Crippen LogP contribution in [0.2, 0.25) is 0 Å². The number of aliphatic carboxylic acids is 1. The summed E-state index contributed by atoms with van der Waals surface area (Å²) in [6, 6.07) is 12.1. The number of carboxylic acid groups (broad SMARTS) is 1. The monoisotopic (exact) mass is 602 g/mol. The van der Waals surface area contributed by atoms with Gasteiger partial charge in [-0.15, -0.1) is 0 Å². The first-order valence-corrected chi connectivity index (χ1v) is 13.8. The van der Waals surface area contributed by atoms with Crippen molar-refractivity contribution in [2.45, 2.75) is 58.8 Å². The number of carbonyl (C=O) groups is 2. The standard InChI is InChI=1S/C25H26F3N5O3.C6H15N/c1-32(2)22-19(14-21(34)35)23(33(3)4)31-20(30-22)13-15-5-11-18(12-6-15)29-24(36)16-7-9-17(10-8-16)25(26,27)28;1-5(2)7-6(3)4/h5-12H,13-14H2,1-4H3,(H,29,36)(H,34,35);5-7H,1-4H3. The lowest BCUT2D eigenvalue weighted by molar-refractivity contribution is -0.138. The molecule has 12 heteroatoms. The first-order valence-electron chi connectivity index (χ1n) is 13.8. The van der Waals surface area contributed by atoms with Crippen molar-refractivity contribution < 1.29 is 27.9 Å². The first kappa shape index (κ1) is 35.0. The van der Waals surface area contributed by atoms with E-state index in [1.807, 2.05) is 0 Å². The van der Waals surface area contributed by atoms with Gasteiger partial charge >= 0.3 is 12.1 Å². The van der Waals surface area contributed by atoms with Crippen LogP contribution < -0.4 is 20.4 Å². The van der Waals surface area contributed by atoms with E-state index in [0.29, 0.717) is 47.2 Å². The number of alkyl halides is 3. The molecule has 1 amide bonds. The summed E-state index contributed by atoms with van der Waals surface area (Å²) in [5.41, 5.74) is 1.13. The molecule has 234 valence electrons. The van der Waals surface area contributed by atoms with Gasteiger partial charge in [-0.2, -0.15) is 13.2 Å². The van der Waals surface area contributed by atoms with E-state index in [4.69, 9.17) is 0 Å². The van der Waals surface area contributed by atoms with E-state index in [1.165, 1.54) is 0 Å². The number of hydrogen-bond acceptors (Lipinski definition) is 7. The topological polar surface area (TPSA) is 111 Å². The van der Waals surface area contributed by atoms with Crippen molar-refractivity contribution in [1.82, 2.24) is 15.3 Å². The van der Waals surface area contributed by atoms with Gasteiger partial charge in [0.25, 0.3) is 5.91 Å². The summed E-state index contributed by atoms with van der Waals surface area (Å²) in [7, 11) is 7.13. The molecule has 3 N–H and O–H groups in total. The van der Waals surface area contributed by atoms with E-state index in [-0.39, 0.29) is 12.0 Å². The molecule has 0 atom stereocenters. The fourth-order valence-electron chi connectivity index (χ4n) is 4.20. The molecule has 1 heterocycles. The minimum Gasteiger partial charge on any atom is -0.481 e. The lowest BCUT2D eigenvalue weighted by atomic mass is 10.1. The Bertz CT molecular complexity index is 1320. The van der Waals surface area contributed by atoms with Crippen LogP contribution in [0.1, 0.15) is 60.6 Å². The normalized spacial score (nSPS) is 11.2. The number of anilines is 3. The molecule has 0 fully saturated rings. The number of carboxylic acids is 1. The van der Waals surface area contributed by atoms with Crippen LogP contribution in [0.4, 0.5) is 30.5 Å². The Hall–Kier alpha value is -4.19. The predicted molar refractivity (Wildman–Crippen MR) is 164 cm³/mol. The maximum absolute atomic E-state index is 12.7. The number of carbonyl (C=O) groups excluding carboxylic acids is 1. The number of benzene rings is 2. The van der Waals surface area contributed by atoms with E-state index in [1.54, 1.807) is 62.3 Å². The highest BCUT2D eigenvalue weighted by Gasteiger charge is 2.30. The average molecular weight is 603 g/mol. The summed E-state index contributed by atoms with van der Waals surface area (Å²) < 4.78 is 38.1. The largest absolute Gasteiger partial charge is 0.481 e. The van der Waals surface area contributed by atoms with Crippen molar-refractivity contribution in [3.05, 3.63) is 76.6 Å². The highest BCUT2D eigenvalue weighted by molar-refractivity contribution is 6.04. The average Bonchev–Trinajstić information content (AvgIpc) is 2.89. The van der Waals surface area contributed by atoms with Crippen LogP contribution in [0, 0.1) is 0 Å². The highest BCUT2D eigenvalue weighted by atomic mass is 19.4. The van der Waals surface area contributed by atoms with Crippen molar-refractivity contribution in [3.63, 3.8) is 0 Å². The summed E-state index contributed by atoms with van der Waals surface area (Å²) >= 11 is 0. The van der Waals surface area contributed by atoms with Crippen LogP contribution in [0.3, 0.4) is 0 Å². The minimum atomic E-state index is -4.47. The van der Waals surface area contributed by atoms with Gasteiger partial charge in [0.15, 0.2) is 0 Å². The SMILES string of the molecule is CC(C)NC(C)C.CN(C)c1nc(Cc2ccc(NC(=O)c3ccc(C(F)(F)F)cc3)cc2)nc(N(C)C)c1CC(=O)O. The zero-order chi connectivity index (χ0) is 32.5. The number of aromatic nitrogens is 2. The van der Waals surface area contributed by atoms with E-state index in [9.17, 15) is 27.9 Å². The Morgan fingerprint density at radius 3 is 1.70 bits per heavy atom. The van der Waals surface area contributed by atoms with Crippen LogP contribution in [0.15, 0.2) is 48.5 Å². The number of hydrogen-bond donors (Lipinski definition) is 3. The molecule has 0 aliphatic rings. The fourth-order valence-corrected chi connectivity index (χ4v) is 4.20. The summed E-state index contributed by atoms with van der Waals surface area (Å²) in [5, 5.41) is 15.3. The van der Waals surface area contributed by atoms with Crippen LogP contribution in [-0.2, 0) is 23.8 Å². The molecule has 0 unspecified atom stereocenters. The molecule has 1 aromatic heterocycles. The van der Waals surface area contributed by atoms with Crippen molar-refractivity contribution in [2.75, 3.05) is 43.3 Å². The summed E-state index contributed by atoms with van der Waals surface area (Å²) in [6.45, 7) is 8.61. The van der Waals surface area contributed by atoms with Crippen LogP contribution in [-0.4, -0.2) is 67.2 Å². The van der Waals surface area contributed by atoms with Crippen LogP contribution in [0.25, 0.3) is 0 Å². The molecular formula is C31H41F3N6O3. The zero-order valence-corrected chi connectivity index (χ0v) is 25.9. The molecule has 0 aliphatic carbocycles. The Balaban J connectivity index is 0.000000821. The number of halogens is 3.